The zero-order chi connectivity index (χ0) is 18.2. The average molecular weight is 346 g/mol. The molecular weight excluding hydrogens is 324 g/mol. The molecule has 0 aromatic heterocycles. The number of nitro groups is 1. The van der Waals surface area contributed by atoms with Gasteiger partial charge in [0.2, 0.25) is 0 Å². The number of carbonyl (C=O) groups excluding carboxylic acids is 1. The van der Waals surface area contributed by atoms with Crippen molar-refractivity contribution in [2.24, 2.45) is 0 Å². The van der Waals surface area contributed by atoms with Crippen molar-refractivity contribution in [2.45, 2.75) is 51.2 Å². The summed E-state index contributed by atoms with van der Waals surface area (Å²) in [6.45, 7) is 6.01. The fraction of sp³-hybridized carbons (Fsp3) is 0.500. The number of nitrogens with zero attached hydrogens (tertiary/aromatic N) is 2. The first kappa shape index (κ1) is 17.3. The Balaban J connectivity index is 1.72. The molecule has 1 aromatic carbocycles. The normalized spacial score (nSPS) is 22.3. The summed E-state index contributed by atoms with van der Waals surface area (Å²) in [5.74, 6) is 0.673. The van der Waals surface area contributed by atoms with Gasteiger partial charge in [-0.2, -0.15) is 0 Å². The topological polar surface area (TPSA) is 81.9 Å². The minimum absolute atomic E-state index is 0.0774. The molecule has 1 spiro atoms. The van der Waals surface area contributed by atoms with Gasteiger partial charge in [-0.05, 0) is 45.8 Å². The van der Waals surface area contributed by atoms with Crippen LogP contribution in [0, 0.1) is 10.1 Å². The van der Waals surface area contributed by atoms with Gasteiger partial charge in [0.15, 0.2) is 0 Å². The Bertz CT molecular complexity index is 737. The molecule has 1 aromatic rings. The van der Waals surface area contributed by atoms with E-state index in [1.54, 1.807) is 23.2 Å². The second-order valence-corrected chi connectivity index (χ2v) is 7.46. The molecule has 0 N–H and O–H groups in total. The van der Waals surface area contributed by atoms with Gasteiger partial charge in [0.05, 0.1) is 4.92 Å². The quantitative estimate of drug-likeness (QED) is 0.570. The number of carbonyl (C=O) groups is 1. The molecule has 2 aliphatic rings. The molecule has 134 valence electrons. The summed E-state index contributed by atoms with van der Waals surface area (Å²) < 4.78 is 11.5. The predicted molar refractivity (Wildman–Crippen MR) is 91.5 cm³/mol. The van der Waals surface area contributed by atoms with Crippen LogP contribution in [0.15, 0.2) is 30.5 Å². The lowest BCUT2D eigenvalue weighted by atomic mass is 9.86. The monoisotopic (exact) mass is 346 g/mol. The fourth-order valence-corrected chi connectivity index (χ4v) is 3.05. The van der Waals surface area contributed by atoms with Crippen LogP contribution in [0.4, 0.5) is 10.5 Å². The molecule has 3 rings (SSSR count). The Labute approximate surface area is 146 Å². The van der Waals surface area contributed by atoms with E-state index in [-0.39, 0.29) is 11.8 Å². The third kappa shape index (κ3) is 3.75. The van der Waals surface area contributed by atoms with Crippen molar-refractivity contribution in [3.05, 3.63) is 46.2 Å². The van der Waals surface area contributed by atoms with E-state index in [1.807, 2.05) is 26.8 Å². The number of hydrogen-bond acceptors (Lipinski definition) is 5. The van der Waals surface area contributed by atoms with E-state index >= 15 is 0 Å². The molecule has 7 heteroatoms. The summed E-state index contributed by atoms with van der Waals surface area (Å²) >= 11 is 0. The van der Waals surface area contributed by atoms with Crippen LogP contribution in [0.25, 0.3) is 0 Å². The van der Waals surface area contributed by atoms with Crippen LogP contribution >= 0.6 is 0 Å². The van der Waals surface area contributed by atoms with E-state index in [4.69, 9.17) is 9.47 Å². The molecule has 0 saturated heterocycles. The van der Waals surface area contributed by atoms with Gasteiger partial charge in [0.1, 0.15) is 17.0 Å². The van der Waals surface area contributed by atoms with E-state index in [9.17, 15) is 14.9 Å². The highest BCUT2D eigenvalue weighted by molar-refractivity contribution is 5.69. The SMILES string of the molecule is CC(C)(C)OC(=O)N1C=CC2(CCc3cc([N+](=O)[O-])ccc3O2)CC1. The summed E-state index contributed by atoms with van der Waals surface area (Å²) in [7, 11) is 0. The Morgan fingerprint density at radius 2 is 2.12 bits per heavy atom. The van der Waals surface area contributed by atoms with Crippen LogP contribution < -0.4 is 4.74 Å². The number of hydrogen-bond donors (Lipinski definition) is 0. The van der Waals surface area contributed by atoms with Crippen LogP contribution in [0.1, 0.15) is 39.2 Å². The number of amides is 1. The lowest BCUT2D eigenvalue weighted by Gasteiger charge is -2.40. The van der Waals surface area contributed by atoms with E-state index in [0.717, 1.165) is 12.0 Å². The van der Waals surface area contributed by atoms with Crippen molar-refractivity contribution in [1.82, 2.24) is 4.90 Å². The molecule has 1 unspecified atom stereocenters. The molecule has 25 heavy (non-hydrogen) atoms. The van der Waals surface area contributed by atoms with E-state index in [2.05, 4.69) is 0 Å². The summed E-state index contributed by atoms with van der Waals surface area (Å²) in [5, 5.41) is 10.9. The largest absolute Gasteiger partial charge is 0.483 e. The van der Waals surface area contributed by atoms with E-state index in [1.165, 1.54) is 6.07 Å². The lowest BCUT2D eigenvalue weighted by Crippen LogP contribution is -2.46. The first-order valence-electron chi connectivity index (χ1n) is 8.33. The van der Waals surface area contributed by atoms with Crippen molar-refractivity contribution in [3.8, 4) is 5.75 Å². The number of rotatable bonds is 1. The number of non-ortho nitro benzene ring substituents is 1. The second kappa shape index (κ2) is 6.06. The Hall–Kier alpha value is -2.57. The van der Waals surface area contributed by atoms with E-state index in [0.29, 0.717) is 25.1 Å². The van der Waals surface area contributed by atoms with Gasteiger partial charge < -0.3 is 9.47 Å². The first-order valence-corrected chi connectivity index (χ1v) is 8.33. The Kier molecular flexibility index (Phi) is 4.18. The average Bonchev–Trinajstić information content (AvgIpc) is 2.53. The highest BCUT2D eigenvalue weighted by Crippen LogP contribution is 2.39. The van der Waals surface area contributed by atoms with Gasteiger partial charge in [0.25, 0.3) is 5.69 Å². The molecule has 2 heterocycles. The standard InChI is InChI=1S/C18H22N2O5/c1-17(2,3)25-16(21)19-10-8-18(9-11-19)7-6-13-12-14(20(22)23)4-5-15(13)24-18/h4-5,8,10,12H,6-7,9,11H2,1-3H3. The maximum Gasteiger partial charge on any atom is 0.414 e. The van der Waals surface area contributed by atoms with Gasteiger partial charge >= 0.3 is 6.09 Å². The lowest BCUT2D eigenvalue weighted by molar-refractivity contribution is -0.385. The van der Waals surface area contributed by atoms with Gasteiger partial charge in [0, 0.05) is 36.9 Å². The van der Waals surface area contributed by atoms with Crippen LogP contribution in [0.5, 0.6) is 5.75 Å². The highest BCUT2D eigenvalue weighted by Gasteiger charge is 2.38. The molecule has 2 aliphatic heterocycles. The maximum atomic E-state index is 12.1. The molecule has 0 saturated carbocycles. The van der Waals surface area contributed by atoms with Gasteiger partial charge in [-0.3, -0.25) is 15.0 Å². The summed E-state index contributed by atoms with van der Waals surface area (Å²) in [6.07, 6.45) is 5.32. The predicted octanol–water partition coefficient (Wildman–Crippen LogP) is 3.81. The van der Waals surface area contributed by atoms with Crippen molar-refractivity contribution < 1.29 is 19.2 Å². The minimum Gasteiger partial charge on any atom is -0.483 e. The second-order valence-electron chi connectivity index (χ2n) is 7.46. The van der Waals surface area contributed by atoms with Crippen LogP contribution in [0.3, 0.4) is 0 Å². The zero-order valence-electron chi connectivity index (χ0n) is 14.7. The van der Waals surface area contributed by atoms with Crippen molar-refractivity contribution in [1.29, 1.82) is 0 Å². The third-order valence-corrected chi connectivity index (χ3v) is 4.35. The Morgan fingerprint density at radius 3 is 2.72 bits per heavy atom. The van der Waals surface area contributed by atoms with Crippen LogP contribution in [0.2, 0.25) is 0 Å². The van der Waals surface area contributed by atoms with Crippen LogP contribution in [-0.2, 0) is 11.2 Å². The zero-order valence-corrected chi connectivity index (χ0v) is 14.7. The third-order valence-electron chi connectivity index (χ3n) is 4.35. The molecule has 0 aliphatic carbocycles. The summed E-state index contributed by atoms with van der Waals surface area (Å²) in [6, 6.07) is 4.68. The summed E-state index contributed by atoms with van der Waals surface area (Å²) in [5.41, 5.74) is -0.0761. The molecule has 0 fully saturated rings. The minimum atomic E-state index is -0.533. The molecule has 0 bridgehead atoms. The number of nitro benzene ring substituents is 1. The first-order chi connectivity index (χ1) is 11.7. The number of benzene rings is 1. The maximum absolute atomic E-state index is 12.1. The molecule has 1 atom stereocenters. The van der Waals surface area contributed by atoms with Crippen molar-refractivity contribution in [3.63, 3.8) is 0 Å². The van der Waals surface area contributed by atoms with Crippen molar-refractivity contribution >= 4 is 11.8 Å². The number of fused-ring (bicyclic) bond motifs is 1. The molecule has 0 radical (unpaired) electrons. The highest BCUT2D eigenvalue weighted by atomic mass is 16.6. The Morgan fingerprint density at radius 1 is 1.36 bits per heavy atom. The van der Waals surface area contributed by atoms with Gasteiger partial charge in [-0.25, -0.2) is 4.79 Å². The molecule has 7 nitrogen and oxygen atoms in total. The fourth-order valence-electron chi connectivity index (χ4n) is 3.05. The van der Waals surface area contributed by atoms with Gasteiger partial charge in [-0.15, -0.1) is 0 Å². The van der Waals surface area contributed by atoms with Crippen molar-refractivity contribution in [2.75, 3.05) is 6.54 Å². The van der Waals surface area contributed by atoms with Gasteiger partial charge in [-0.1, -0.05) is 0 Å². The molecular formula is C18H22N2O5. The summed E-state index contributed by atoms with van der Waals surface area (Å²) in [4.78, 5) is 24.2. The molecule has 1 amide bonds. The number of aryl methyl sites for hydroxylation is 1. The van der Waals surface area contributed by atoms with Crippen LogP contribution in [-0.4, -0.2) is 33.7 Å². The number of ether oxygens (including phenoxy) is 2. The smallest absolute Gasteiger partial charge is 0.414 e. The van der Waals surface area contributed by atoms with E-state index < -0.39 is 16.1 Å².